The summed E-state index contributed by atoms with van der Waals surface area (Å²) in [5, 5.41) is 27.6. The molecule has 0 aliphatic carbocycles. The minimum absolute atomic E-state index is 0.101. The number of nitrogen functional groups attached to an aromatic ring is 1. The molecule has 0 aliphatic rings. The van der Waals surface area contributed by atoms with Gasteiger partial charge < -0.3 is 5.73 Å². The van der Waals surface area contributed by atoms with Gasteiger partial charge in [0, 0.05) is 5.69 Å². The van der Waals surface area contributed by atoms with E-state index in [1.807, 2.05) is 49.4 Å². The second-order valence-corrected chi connectivity index (χ2v) is 4.86. The van der Waals surface area contributed by atoms with E-state index >= 15 is 0 Å². The number of aryl methyl sites for hydroxylation is 1. The molecule has 0 saturated heterocycles. The molecule has 7 heteroatoms. The van der Waals surface area contributed by atoms with Crippen LogP contribution >= 0.6 is 0 Å². The monoisotopic (exact) mass is 299 g/mol. The summed E-state index contributed by atoms with van der Waals surface area (Å²) in [5.41, 5.74) is 8.19. The van der Waals surface area contributed by atoms with Gasteiger partial charge in [0.25, 0.3) is 0 Å². The zero-order valence-electron chi connectivity index (χ0n) is 12.1. The minimum Gasteiger partial charge on any atom is -0.384 e. The van der Waals surface area contributed by atoms with Crippen LogP contribution in [0, 0.1) is 40.9 Å². The number of hydrogen-bond donors (Lipinski definition) is 1. The molecule has 0 spiro atoms. The first-order valence-corrected chi connectivity index (χ1v) is 6.60. The summed E-state index contributed by atoms with van der Waals surface area (Å²) in [6.45, 7) is 1.93. The predicted molar refractivity (Wildman–Crippen MR) is 82.2 cm³/mol. The maximum absolute atomic E-state index is 9.36. The van der Waals surface area contributed by atoms with Gasteiger partial charge in [-0.05, 0) is 24.6 Å². The lowest BCUT2D eigenvalue weighted by Gasteiger charge is -2.08. The standard InChI is InChI=1S/C16H9N7/c1-9-3-2-4-10(5-9)23-15(20)11(6-17)14-16(23)22-13(8-19)12(7-18)21-14/h2-5H,20H2,1H3. The Kier molecular flexibility index (Phi) is 3.14. The van der Waals surface area contributed by atoms with Crippen molar-refractivity contribution in [1.82, 2.24) is 14.5 Å². The Labute approximate surface area is 131 Å². The third-order valence-corrected chi connectivity index (χ3v) is 3.41. The van der Waals surface area contributed by atoms with Crippen molar-refractivity contribution in [3.63, 3.8) is 0 Å². The van der Waals surface area contributed by atoms with Crippen LogP contribution in [0.15, 0.2) is 24.3 Å². The molecule has 0 unspecified atom stereocenters. The largest absolute Gasteiger partial charge is 0.384 e. The Balaban J connectivity index is 2.49. The van der Waals surface area contributed by atoms with Crippen LogP contribution in [-0.4, -0.2) is 14.5 Å². The van der Waals surface area contributed by atoms with E-state index in [2.05, 4.69) is 9.97 Å². The summed E-state index contributed by atoms with van der Waals surface area (Å²) in [7, 11) is 0. The number of nitrogens with two attached hydrogens (primary N) is 1. The van der Waals surface area contributed by atoms with Gasteiger partial charge in [0.1, 0.15) is 35.1 Å². The second kappa shape index (κ2) is 5.14. The molecule has 2 N–H and O–H groups in total. The maximum Gasteiger partial charge on any atom is 0.179 e. The molecule has 3 rings (SSSR count). The lowest BCUT2D eigenvalue weighted by atomic mass is 10.2. The smallest absolute Gasteiger partial charge is 0.179 e. The van der Waals surface area contributed by atoms with Gasteiger partial charge in [-0.2, -0.15) is 15.8 Å². The summed E-state index contributed by atoms with van der Waals surface area (Å²) >= 11 is 0. The van der Waals surface area contributed by atoms with E-state index in [4.69, 9.17) is 16.3 Å². The number of nitriles is 3. The molecular formula is C16H9N7. The highest BCUT2D eigenvalue weighted by Gasteiger charge is 2.21. The van der Waals surface area contributed by atoms with Gasteiger partial charge in [-0.3, -0.25) is 4.57 Å². The molecule has 2 heterocycles. The quantitative estimate of drug-likeness (QED) is 0.731. The summed E-state index contributed by atoms with van der Waals surface area (Å²) < 4.78 is 1.57. The van der Waals surface area contributed by atoms with Crippen LogP contribution in [0.4, 0.5) is 5.82 Å². The number of rotatable bonds is 1. The van der Waals surface area contributed by atoms with Gasteiger partial charge in [-0.25, -0.2) is 9.97 Å². The Morgan fingerprint density at radius 3 is 2.35 bits per heavy atom. The first-order chi connectivity index (χ1) is 11.1. The highest BCUT2D eigenvalue weighted by Crippen LogP contribution is 2.29. The number of aromatic nitrogens is 3. The summed E-state index contributed by atoms with van der Waals surface area (Å²) in [5.74, 6) is 0.173. The molecule has 2 aromatic heterocycles. The lowest BCUT2D eigenvalue weighted by Crippen LogP contribution is -2.03. The van der Waals surface area contributed by atoms with Crippen LogP contribution in [0.25, 0.3) is 16.9 Å². The van der Waals surface area contributed by atoms with E-state index in [9.17, 15) is 5.26 Å². The molecule has 0 radical (unpaired) electrons. The van der Waals surface area contributed by atoms with Crippen LogP contribution < -0.4 is 5.73 Å². The normalized spacial score (nSPS) is 10.0. The van der Waals surface area contributed by atoms with Crippen molar-refractivity contribution in [2.45, 2.75) is 6.92 Å². The first kappa shape index (κ1) is 14.1. The van der Waals surface area contributed by atoms with E-state index in [0.717, 1.165) is 5.56 Å². The van der Waals surface area contributed by atoms with Crippen molar-refractivity contribution < 1.29 is 0 Å². The molecule has 0 atom stereocenters. The van der Waals surface area contributed by atoms with E-state index < -0.39 is 0 Å². The first-order valence-electron chi connectivity index (χ1n) is 6.60. The predicted octanol–water partition coefficient (Wildman–Crippen LogP) is 1.93. The fourth-order valence-corrected chi connectivity index (χ4v) is 2.39. The van der Waals surface area contributed by atoms with E-state index in [-0.39, 0.29) is 33.9 Å². The van der Waals surface area contributed by atoms with Crippen molar-refractivity contribution in [2.75, 3.05) is 5.73 Å². The molecule has 0 aliphatic heterocycles. The highest BCUT2D eigenvalue weighted by molar-refractivity contribution is 5.89. The van der Waals surface area contributed by atoms with Gasteiger partial charge in [0.15, 0.2) is 17.0 Å². The van der Waals surface area contributed by atoms with Crippen molar-refractivity contribution in [1.29, 1.82) is 15.8 Å². The average molecular weight is 299 g/mol. The zero-order valence-corrected chi connectivity index (χ0v) is 12.1. The van der Waals surface area contributed by atoms with E-state index in [1.54, 1.807) is 4.57 Å². The number of benzene rings is 1. The van der Waals surface area contributed by atoms with Gasteiger partial charge in [0.2, 0.25) is 0 Å². The molecule has 0 bridgehead atoms. The van der Waals surface area contributed by atoms with Crippen molar-refractivity contribution in [3.05, 3.63) is 46.8 Å². The second-order valence-electron chi connectivity index (χ2n) is 4.86. The van der Waals surface area contributed by atoms with E-state index in [0.29, 0.717) is 5.69 Å². The molecule has 0 fully saturated rings. The zero-order chi connectivity index (χ0) is 16.6. The maximum atomic E-state index is 9.36. The molecule has 108 valence electrons. The van der Waals surface area contributed by atoms with Gasteiger partial charge in [-0.15, -0.1) is 0 Å². The molecular weight excluding hydrogens is 290 g/mol. The van der Waals surface area contributed by atoms with Crippen molar-refractivity contribution >= 4 is 17.0 Å². The third kappa shape index (κ3) is 2.03. The molecule has 1 aromatic carbocycles. The fraction of sp³-hybridized carbons (Fsp3) is 0.0625. The SMILES string of the molecule is Cc1cccc(-n2c(N)c(C#N)c3nc(C#N)c(C#N)nc32)c1. The number of anilines is 1. The Hall–Kier alpha value is -3.89. The number of hydrogen-bond acceptors (Lipinski definition) is 6. The van der Waals surface area contributed by atoms with Gasteiger partial charge in [0.05, 0.1) is 0 Å². The summed E-state index contributed by atoms with van der Waals surface area (Å²) in [4.78, 5) is 8.28. The lowest BCUT2D eigenvalue weighted by molar-refractivity contribution is 1.08. The number of fused-ring (bicyclic) bond motifs is 1. The highest BCUT2D eigenvalue weighted by atomic mass is 15.1. The summed E-state index contributed by atoms with van der Waals surface area (Å²) in [6.07, 6.45) is 0. The van der Waals surface area contributed by atoms with Gasteiger partial charge in [-0.1, -0.05) is 12.1 Å². The summed E-state index contributed by atoms with van der Waals surface area (Å²) in [6, 6.07) is 13.1. The van der Waals surface area contributed by atoms with Crippen molar-refractivity contribution in [3.8, 4) is 23.9 Å². The molecule has 0 amide bonds. The van der Waals surface area contributed by atoms with Crippen LogP contribution in [0.3, 0.4) is 0 Å². The molecule has 23 heavy (non-hydrogen) atoms. The molecule has 7 nitrogen and oxygen atoms in total. The van der Waals surface area contributed by atoms with Crippen LogP contribution in [0.2, 0.25) is 0 Å². The Morgan fingerprint density at radius 2 is 1.74 bits per heavy atom. The Bertz CT molecular complexity index is 1070. The van der Waals surface area contributed by atoms with E-state index in [1.165, 1.54) is 0 Å². The Morgan fingerprint density at radius 1 is 1.04 bits per heavy atom. The number of nitrogens with zero attached hydrogens (tertiary/aromatic N) is 6. The van der Waals surface area contributed by atoms with Crippen LogP contribution in [-0.2, 0) is 0 Å². The topological polar surface area (TPSA) is 128 Å². The molecule has 3 aromatic rings. The van der Waals surface area contributed by atoms with Crippen LogP contribution in [0.1, 0.15) is 22.5 Å². The molecule has 0 saturated carbocycles. The minimum atomic E-state index is -0.127. The fourth-order valence-electron chi connectivity index (χ4n) is 2.39. The average Bonchev–Trinajstić information content (AvgIpc) is 2.83. The van der Waals surface area contributed by atoms with Gasteiger partial charge >= 0.3 is 0 Å². The van der Waals surface area contributed by atoms with Crippen LogP contribution in [0.5, 0.6) is 0 Å². The van der Waals surface area contributed by atoms with Crippen molar-refractivity contribution in [2.24, 2.45) is 0 Å². The third-order valence-electron chi connectivity index (χ3n) is 3.41.